The second-order valence-corrected chi connectivity index (χ2v) is 8.99. The van der Waals surface area contributed by atoms with E-state index in [-0.39, 0.29) is 30.3 Å². The van der Waals surface area contributed by atoms with E-state index in [1.807, 2.05) is 0 Å². The van der Waals surface area contributed by atoms with Crippen molar-refractivity contribution >= 4 is 19.9 Å². The van der Waals surface area contributed by atoms with Gasteiger partial charge in [0, 0.05) is 25.7 Å². The number of sulfone groups is 1. The number of sulfonamides is 1. The number of nitrogens with zero attached hydrogens (tertiary/aromatic N) is 1. The molecule has 0 atom stereocenters. The van der Waals surface area contributed by atoms with Crippen LogP contribution in [-0.4, -0.2) is 64.1 Å². The van der Waals surface area contributed by atoms with Crippen molar-refractivity contribution in [3.8, 4) is 0 Å². The summed E-state index contributed by atoms with van der Waals surface area (Å²) in [6.45, 7) is 0.665. The van der Waals surface area contributed by atoms with E-state index in [4.69, 9.17) is 0 Å². The average Bonchev–Trinajstić information content (AvgIpc) is 3.00. The van der Waals surface area contributed by atoms with Gasteiger partial charge in [-0.15, -0.1) is 0 Å². The first-order valence-electron chi connectivity index (χ1n) is 5.81. The highest BCUT2D eigenvalue weighted by Gasteiger charge is 2.30. The number of rotatable bonds is 5. The fraction of sp³-hybridized carbons (Fsp3) is 1.00. The second-order valence-electron chi connectivity index (χ2n) is 4.60. The summed E-state index contributed by atoms with van der Waals surface area (Å²) in [5.41, 5.74) is 0. The first-order chi connectivity index (χ1) is 7.89. The minimum absolute atomic E-state index is 0.0533. The molecule has 2 aliphatic rings. The molecule has 0 aromatic carbocycles. The molecule has 17 heavy (non-hydrogen) atoms. The fourth-order valence-electron chi connectivity index (χ4n) is 1.78. The molecule has 100 valence electrons. The monoisotopic (exact) mass is 282 g/mol. The Kier molecular flexibility index (Phi) is 3.77. The van der Waals surface area contributed by atoms with Crippen LogP contribution in [0.25, 0.3) is 0 Å². The zero-order valence-corrected chi connectivity index (χ0v) is 11.3. The molecule has 1 heterocycles. The maximum Gasteiger partial charge on any atom is 0.215 e. The van der Waals surface area contributed by atoms with E-state index in [1.165, 1.54) is 4.31 Å². The van der Waals surface area contributed by atoms with Gasteiger partial charge in [-0.1, -0.05) is 0 Å². The van der Waals surface area contributed by atoms with Gasteiger partial charge in [0.2, 0.25) is 10.0 Å². The summed E-state index contributed by atoms with van der Waals surface area (Å²) in [6, 6.07) is 0.493. The predicted molar refractivity (Wildman–Crippen MR) is 65.0 cm³/mol. The maximum atomic E-state index is 11.9. The molecule has 1 saturated heterocycles. The van der Waals surface area contributed by atoms with Crippen molar-refractivity contribution in [1.29, 1.82) is 0 Å². The summed E-state index contributed by atoms with van der Waals surface area (Å²) >= 11 is 0. The van der Waals surface area contributed by atoms with Gasteiger partial charge in [-0.2, -0.15) is 4.31 Å². The standard InChI is InChI=1S/C9H18N2O4S2/c12-16(13)7-4-11(5-8-16)17(14,15)6-3-10-9-1-2-9/h9-10H,1-8H2. The van der Waals surface area contributed by atoms with E-state index >= 15 is 0 Å². The molecule has 1 aliphatic heterocycles. The number of hydrogen-bond donors (Lipinski definition) is 1. The third-order valence-corrected chi connectivity index (χ3v) is 6.55. The van der Waals surface area contributed by atoms with Crippen LogP contribution >= 0.6 is 0 Å². The largest absolute Gasteiger partial charge is 0.313 e. The lowest BCUT2D eigenvalue weighted by atomic mass is 10.6. The maximum absolute atomic E-state index is 11.9. The van der Waals surface area contributed by atoms with E-state index in [0.717, 1.165) is 12.8 Å². The first kappa shape index (κ1) is 13.3. The topological polar surface area (TPSA) is 83.6 Å². The normalized spacial score (nSPS) is 25.9. The van der Waals surface area contributed by atoms with Gasteiger partial charge >= 0.3 is 0 Å². The summed E-state index contributed by atoms with van der Waals surface area (Å²) in [7, 11) is -6.32. The Balaban J connectivity index is 1.82. The van der Waals surface area contributed by atoms with E-state index in [2.05, 4.69) is 5.32 Å². The highest BCUT2D eigenvalue weighted by Crippen LogP contribution is 2.18. The van der Waals surface area contributed by atoms with E-state index in [1.54, 1.807) is 0 Å². The smallest absolute Gasteiger partial charge is 0.215 e. The van der Waals surface area contributed by atoms with E-state index < -0.39 is 19.9 Å². The summed E-state index contributed by atoms with van der Waals surface area (Å²) in [5, 5.41) is 3.14. The van der Waals surface area contributed by atoms with Crippen molar-refractivity contribution in [1.82, 2.24) is 9.62 Å². The van der Waals surface area contributed by atoms with Crippen LogP contribution in [0, 0.1) is 0 Å². The summed E-state index contributed by atoms with van der Waals surface area (Å²) < 4.78 is 47.5. The van der Waals surface area contributed by atoms with E-state index in [0.29, 0.717) is 12.6 Å². The minimum atomic E-state index is -3.30. The zero-order valence-electron chi connectivity index (χ0n) is 9.63. The SMILES string of the molecule is O=S1(=O)CCN(S(=O)(=O)CCNC2CC2)CC1. The van der Waals surface area contributed by atoms with Crippen LogP contribution in [0.4, 0.5) is 0 Å². The molecule has 1 aliphatic carbocycles. The van der Waals surface area contributed by atoms with Gasteiger partial charge in [0.15, 0.2) is 9.84 Å². The zero-order chi connectivity index (χ0) is 12.5. The highest BCUT2D eigenvalue weighted by molar-refractivity contribution is 7.92. The predicted octanol–water partition coefficient (Wildman–Crippen LogP) is -1.20. The van der Waals surface area contributed by atoms with Gasteiger partial charge in [0.05, 0.1) is 17.3 Å². The van der Waals surface area contributed by atoms with Crippen LogP contribution in [0.3, 0.4) is 0 Å². The van der Waals surface area contributed by atoms with Crippen LogP contribution in [0.5, 0.6) is 0 Å². The third kappa shape index (κ3) is 3.90. The molecule has 2 rings (SSSR count). The third-order valence-electron chi connectivity index (χ3n) is 3.07. The Hall–Kier alpha value is -0.180. The Labute approximate surface area is 102 Å². The van der Waals surface area contributed by atoms with Gasteiger partial charge < -0.3 is 5.32 Å². The van der Waals surface area contributed by atoms with Crippen molar-refractivity contribution in [3.63, 3.8) is 0 Å². The summed E-state index contributed by atoms with van der Waals surface area (Å²) in [5.74, 6) is -0.0475. The fourth-order valence-corrected chi connectivity index (χ4v) is 4.59. The van der Waals surface area contributed by atoms with Crippen LogP contribution in [-0.2, 0) is 19.9 Å². The molecule has 2 fully saturated rings. The van der Waals surface area contributed by atoms with Crippen molar-refractivity contribution in [2.75, 3.05) is 36.9 Å². The molecular formula is C9H18N2O4S2. The van der Waals surface area contributed by atoms with Gasteiger partial charge in [-0.25, -0.2) is 16.8 Å². The first-order valence-corrected chi connectivity index (χ1v) is 9.24. The molecule has 0 aromatic heterocycles. The second kappa shape index (κ2) is 4.83. The molecule has 8 heteroatoms. The lowest BCUT2D eigenvalue weighted by Gasteiger charge is -2.25. The molecule has 0 radical (unpaired) electrons. The Bertz CT molecular complexity index is 453. The molecule has 6 nitrogen and oxygen atoms in total. The van der Waals surface area contributed by atoms with Crippen molar-refractivity contribution in [3.05, 3.63) is 0 Å². The molecule has 0 amide bonds. The Morgan fingerprint density at radius 1 is 1.18 bits per heavy atom. The van der Waals surface area contributed by atoms with Gasteiger partial charge in [-0.05, 0) is 12.8 Å². The van der Waals surface area contributed by atoms with Crippen molar-refractivity contribution in [2.24, 2.45) is 0 Å². The lowest BCUT2D eigenvalue weighted by Crippen LogP contribution is -2.45. The molecule has 0 bridgehead atoms. The van der Waals surface area contributed by atoms with Crippen LogP contribution in [0.15, 0.2) is 0 Å². The number of nitrogens with one attached hydrogen (secondary N) is 1. The Morgan fingerprint density at radius 3 is 2.29 bits per heavy atom. The van der Waals surface area contributed by atoms with Gasteiger partial charge in [0.1, 0.15) is 0 Å². The van der Waals surface area contributed by atoms with Gasteiger partial charge in [-0.3, -0.25) is 0 Å². The van der Waals surface area contributed by atoms with Crippen LogP contribution in [0.2, 0.25) is 0 Å². The lowest BCUT2D eigenvalue weighted by molar-refractivity contribution is 0.429. The van der Waals surface area contributed by atoms with Crippen molar-refractivity contribution < 1.29 is 16.8 Å². The molecule has 0 unspecified atom stereocenters. The van der Waals surface area contributed by atoms with Crippen molar-refractivity contribution in [2.45, 2.75) is 18.9 Å². The summed E-state index contributed by atoms with van der Waals surface area (Å²) in [6.07, 6.45) is 2.25. The van der Waals surface area contributed by atoms with Crippen LogP contribution < -0.4 is 5.32 Å². The van der Waals surface area contributed by atoms with E-state index in [9.17, 15) is 16.8 Å². The van der Waals surface area contributed by atoms with Gasteiger partial charge in [0.25, 0.3) is 0 Å². The minimum Gasteiger partial charge on any atom is -0.313 e. The number of hydrogen-bond acceptors (Lipinski definition) is 5. The molecule has 1 saturated carbocycles. The quantitative estimate of drug-likeness (QED) is 0.685. The molecule has 0 aromatic rings. The van der Waals surface area contributed by atoms with Crippen LogP contribution in [0.1, 0.15) is 12.8 Å². The Morgan fingerprint density at radius 2 is 1.76 bits per heavy atom. The molecular weight excluding hydrogens is 264 g/mol. The molecule has 0 spiro atoms. The summed E-state index contributed by atoms with van der Waals surface area (Å²) in [4.78, 5) is 0. The average molecular weight is 282 g/mol. The molecule has 1 N–H and O–H groups in total. The highest BCUT2D eigenvalue weighted by atomic mass is 32.2.